The molecule has 0 amide bonds. The average molecular weight is 172 g/mol. The van der Waals surface area contributed by atoms with Crippen LogP contribution in [0.1, 0.15) is 27.7 Å². The molecule has 0 saturated heterocycles. The van der Waals surface area contributed by atoms with Crippen molar-refractivity contribution in [1.82, 2.24) is 0 Å². The van der Waals surface area contributed by atoms with Gasteiger partial charge in [0.1, 0.15) is 11.7 Å². The zero-order chi connectivity index (χ0) is 9.78. The van der Waals surface area contributed by atoms with Crippen molar-refractivity contribution in [1.29, 1.82) is 0 Å². The summed E-state index contributed by atoms with van der Waals surface area (Å²) in [6.07, 6.45) is 0.568. The van der Waals surface area contributed by atoms with E-state index in [1.165, 1.54) is 6.08 Å². The lowest BCUT2D eigenvalue weighted by Gasteiger charge is -2.19. The normalized spacial score (nSPS) is 13.3. The minimum absolute atomic E-state index is 0.306. The molecule has 0 rings (SSSR count). The van der Waals surface area contributed by atoms with Gasteiger partial charge in [0.15, 0.2) is 0 Å². The molecule has 0 bridgehead atoms. The predicted octanol–water partition coefficient (Wildman–Crippen LogP) is 2.51. The summed E-state index contributed by atoms with van der Waals surface area (Å²) >= 11 is 0. The number of rotatable bonds is 2. The average Bonchev–Trinajstić information content (AvgIpc) is 1.82. The van der Waals surface area contributed by atoms with Gasteiger partial charge in [-0.1, -0.05) is 12.7 Å². The molecule has 0 heterocycles. The number of carbonyl (C=O) groups excluding carboxylic acids is 1. The fourth-order valence-corrected chi connectivity index (χ4v) is 0.474. The van der Waals surface area contributed by atoms with Crippen molar-refractivity contribution < 1.29 is 14.3 Å². The van der Waals surface area contributed by atoms with Crippen LogP contribution >= 0.6 is 0 Å². The van der Waals surface area contributed by atoms with Crippen molar-refractivity contribution in [2.45, 2.75) is 39.4 Å². The van der Waals surface area contributed by atoms with Gasteiger partial charge in [0, 0.05) is 0 Å². The van der Waals surface area contributed by atoms with Crippen LogP contribution < -0.4 is 0 Å². The number of carbonyl (C=O) groups is 1. The molecule has 12 heavy (non-hydrogen) atoms. The molecule has 3 nitrogen and oxygen atoms in total. The molecule has 70 valence electrons. The quantitative estimate of drug-likeness (QED) is 0.474. The van der Waals surface area contributed by atoms with Crippen molar-refractivity contribution in [2.75, 3.05) is 0 Å². The van der Waals surface area contributed by atoms with Crippen molar-refractivity contribution in [3.8, 4) is 0 Å². The molecule has 0 unspecified atom stereocenters. The summed E-state index contributed by atoms with van der Waals surface area (Å²) in [4.78, 5) is 10.9. The molecule has 0 fully saturated rings. The highest BCUT2D eigenvalue weighted by Gasteiger charge is 2.18. The summed E-state index contributed by atoms with van der Waals surface area (Å²) in [5, 5.41) is 0. The van der Waals surface area contributed by atoms with Gasteiger partial charge in [-0.3, -0.25) is 0 Å². The molecule has 0 aromatic rings. The molecule has 0 radical (unpaired) electrons. The molecular formula is C9H16O3. The lowest BCUT2D eigenvalue weighted by Crippen LogP contribution is -2.26. The van der Waals surface area contributed by atoms with Crippen LogP contribution in [0.15, 0.2) is 12.7 Å². The van der Waals surface area contributed by atoms with Crippen LogP contribution in [-0.2, 0) is 9.47 Å². The molecule has 0 saturated carbocycles. The van der Waals surface area contributed by atoms with Crippen molar-refractivity contribution >= 4 is 6.16 Å². The summed E-state index contributed by atoms with van der Waals surface area (Å²) < 4.78 is 9.70. The number of ether oxygens (including phenoxy) is 2. The summed E-state index contributed by atoms with van der Waals surface area (Å²) in [6.45, 7) is 10.6. The summed E-state index contributed by atoms with van der Waals surface area (Å²) in [5.41, 5.74) is -0.502. The standard InChI is InChI=1S/C9H16O3/c1-6-7(2)11-8(10)12-9(3,4)5/h6-7H,1H2,2-5H3/t7-/m1/s1. The lowest BCUT2D eigenvalue weighted by molar-refractivity contribution is -0.0154. The molecule has 1 atom stereocenters. The fourth-order valence-electron chi connectivity index (χ4n) is 0.474. The van der Waals surface area contributed by atoms with Crippen LogP contribution in [0, 0.1) is 0 Å². The Balaban J connectivity index is 3.82. The number of hydrogen-bond donors (Lipinski definition) is 0. The lowest BCUT2D eigenvalue weighted by atomic mass is 10.2. The highest BCUT2D eigenvalue weighted by Crippen LogP contribution is 2.09. The molecule has 3 heteroatoms. The molecular weight excluding hydrogens is 156 g/mol. The minimum Gasteiger partial charge on any atom is -0.429 e. The van der Waals surface area contributed by atoms with Gasteiger partial charge < -0.3 is 9.47 Å². The van der Waals surface area contributed by atoms with E-state index >= 15 is 0 Å². The highest BCUT2D eigenvalue weighted by molar-refractivity contribution is 5.60. The Morgan fingerprint density at radius 1 is 1.50 bits per heavy atom. The second kappa shape index (κ2) is 4.14. The second-order valence-electron chi connectivity index (χ2n) is 3.52. The van der Waals surface area contributed by atoms with Gasteiger partial charge in [-0.15, -0.1) is 0 Å². The van der Waals surface area contributed by atoms with Crippen LogP contribution in [0.25, 0.3) is 0 Å². The van der Waals surface area contributed by atoms with E-state index in [4.69, 9.17) is 9.47 Å². The first-order chi connectivity index (χ1) is 5.35. The maximum absolute atomic E-state index is 10.9. The van der Waals surface area contributed by atoms with Gasteiger partial charge in [-0.05, 0) is 27.7 Å². The van der Waals surface area contributed by atoms with Gasteiger partial charge >= 0.3 is 6.16 Å². The maximum Gasteiger partial charge on any atom is 0.509 e. The largest absolute Gasteiger partial charge is 0.509 e. The van der Waals surface area contributed by atoms with E-state index in [-0.39, 0.29) is 6.10 Å². The number of hydrogen-bond acceptors (Lipinski definition) is 3. The zero-order valence-electron chi connectivity index (χ0n) is 8.09. The Hall–Kier alpha value is -0.990. The second-order valence-corrected chi connectivity index (χ2v) is 3.52. The van der Waals surface area contributed by atoms with Gasteiger partial charge in [0.2, 0.25) is 0 Å². The fraction of sp³-hybridized carbons (Fsp3) is 0.667. The third kappa shape index (κ3) is 5.77. The van der Waals surface area contributed by atoms with Gasteiger partial charge in [0.25, 0.3) is 0 Å². The first-order valence-corrected chi connectivity index (χ1v) is 3.87. The van der Waals surface area contributed by atoms with Crippen LogP contribution in [-0.4, -0.2) is 17.9 Å². The maximum atomic E-state index is 10.9. The van der Waals surface area contributed by atoms with E-state index in [0.29, 0.717) is 0 Å². The van der Waals surface area contributed by atoms with Gasteiger partial charge in [-0.25, -0.2) is 4.79 Å². The van der Waals surface area contributed by atoms with Crippen LogP contribution in [0.5, 0.6) is 0 Å². The summed E-state index contributed by atoms with van der Waals surface area (Å²) in [7, 11) is 0. The third-order valence-electron chi connectivity index (χ3n) is 1.00. The molecule has 0 aromatic heterocycles. The van der Waals surface area contributed by atoms with Crippen LogP contribution in [0.4, 0.5) is 4.79 Å². The van der Waals surface area contributed by atoms with Crippen LogP contribution in [0.3, 0.4) is 0 Å². The topological polar surface area (TPSA) is 35.5 Å². The van der Waals surface area contributed by atoms with Crippen molar-refractivity contribution in [3.05, 3.63) is 12.7 Å². The Morgan fingerprint density at radius 2 is 2.00 bits per heavy atom. The highest BCUT2D eigenvalue weighted by atomic mass is 16.7. The van der Waals surface area contributed by atoms with Gasteiger partial charge in [-0.2, -0.15) is 0 Å². The smallest absolute Gasteiger partial charge is 0.429 e. The molecule has 0 aliphatic carbocycles. The first-order valence-electron chi connectivity index (χ1n) is 3.87. The van der Waals surface area contributed by atoms with Crippen molar-refractivity contribution in [2.24, 2.45) is 0 Å². The Kier molecular flexibility index (Phi) is 3.80. The first kappa shape index (κ1) is 11.0. The minimum atomic E-state index is -0.658. The van der Waals surface area contributed by atoms with E-state index in [1.54, 1.807) is 27.7 Å². The molecule has 0 aromatic carbocycles. The predicted molar refractivity (Wildman–Crippen MR) is 47.0 cm³/mol. The summed E-state index contributed by atoms with van der Waals surface area (Å²) in [6, 6.07) is 0. The van der Waals surface area contributed by atoms with E-state index in [9.17, 15) is 4.79 Å². The van der Waals surface area contributed by atoms with E-state index in [2.05, 4.69) is 6.58 Å². The van der Waals surface area contributed by atoms with E-state index in [1.807, 2.05) is 0 Å². The molecule has 0 N–H and O–H groups in total. The third-order valence-corrected chi connectivity index (χ3v) is 1.00. The Labute approximate surface area is 73.4 Å². The zero-order valence-corrected chi connectivity index (χ0v) is 8.09. The SMILES string of the molecule is C=C[C@@H](C)OC(=O)OC(C)(C)C. The van der Waals surface area contributed by atoms with E-state index < -0.39 is 11.8 Å². The summed E-state index contributed by atoms with van der Waals surface area (Å²) in [5.74, 6) is 0. The monoisotopic (exact) mass is 172 g/mol. The molecule has 0 aliphatic rings. The van der Waals surface area contributed by atoms with Crippen molar-refractivity contribution in [3.63, 3.8) is 0 Å². The molecule has 0 aliphatic heterocycles. The van der Waals surface area contributed by atoms with Gasteiger partial charge in [0.05, 0.1) is 0 Å². The Bertz CT molecular complexity index is 167. The Morgan fingerprint density at radius 3 is 2.33 bits per heavy atom. The van der Waals surface area contributed by atoms with E-state index in [0.717, 1.165) is 0 Å². The molecule has 0 spiro atoms. The van der Waals surface area contributed by atoms with Crippen LogP contribution in [0.2, 0.25) is 0 Å².